The highest BCUT2D eigenvalue weighted by molar-refractivity contribution is 7.09. The highest BCUT2D eigenvalue weighted by Crippen LogP contribution is 2.23. The minimum Gasteiger partial charge on any atom is -0.309 e. The second kappa shape index (κ2) is 6.32. The number of benzene rings is 1. The van der Waals surface area contributed by atoms with E-state index in [2.05, 4.69) is 30.2 Å². The molecule has 0 aliphatic rings. The number of aromatic nitrogens is 1. The van der Waals surface area contributed by atoms with Crippen molar-refractivity contribution >= 4 is 22.9 Å². The summed E-state index contributed by atoms with van der Waals surface area (Å²) in [7, 11) is 0. The number of hydrogen-bond donors (Lipinski definition) is 1. The molecule has 2 unspecified atom stereocenters. The summed E-state index contributed by atoms with van der Waals surface area (Å²) in [5, 5.41) is 7.52. The fraction of sp³-hybridized carbons (Fsp3) is 0.357. The van der Waals surface area contributed by atoms with Gasteiger partial charge in [-0.25, -0.2) is 4.98 Å². The zero-order valence-corrected chi connectivity index (χ0v) is 12.1. The molecule has 0 saturated heterocycles. The fourth-order valence-electron chi connectivity index (χ4n) is 1.85. The Kier molecular flexibility index (Phi) is 4.75. The first-order chi connectivity index (χ1) is 8.68. The summed E-state index contributed by atoms with van der Waals surface area (Å²) in [5.41, 5.74) is 1.14. The molecule has 0 aliphatic carbocycles. The first-order valence-corrected chi connectivity index (χ1v) is 7.31. The van der Waals surface area contributed by atoms with E-state index in [4.69, 9.17) is 11.6 Å². The molecule has 1 heterocycles. The number of rotatable bonds is 5. The molecule has 0 fully saturated rings. The summed E-state index contributed by atoms with van der Waals surface area (Å²) in [4.78, 5) is 4.34. The quantitative estimate of drug-likeness (QED) is 0.886. The van der Waals surface area contributed by atoms with Gasteiger partial charge in [-0.3, -0.25) is 0 Å². The Labute approximate surface area is 117 Å². The Morgan fingerprint density at radius 2 is 2.11 bits per heavy atom. The van der Waals surface area contributed by atoms with Gasteiger partial charge < -0.3 is 5.32 Å². The maximum Gasteiger partial charge on any atom is 0.0965 e. The van der Waals surface area contributed by atoms with E-state index >= 15 is 0 Å². The largest absolute Gasteiger partial charge is 0.309 e. The molecule has 96 valence electrons. The van der Waals surface area contributed by atoms with Crippen LogP contribution in [-0.2, 0) is 0 Å². The SMILES string of the molecule is CC(CNC(C)c1ccccc1Cl)c1nccs1. The molecule has 0 aliphatic heterocycles. The highest BCUT2D eigenvalue weighted by Gasteiger charge is 2.12. The van der Waals surface area contributed by atoms with Gasteiger partial charge in [0.1, 0.15) is 0 Å². The average molecular weight is 281 g/mol. The maximum atomic E-state index is 6.18. The third-order valence-corrected chi connectivity index (χ3v) is 4.33. The third-order valence-electron chi connectivity index (χ3n) is 2.97. The van der Waals surface area contributed by atoms with Gasteiger partial charge in [-0.05, 0) is 18.6 Å². The molecule has 0 amide bonds. The molecule has 1 aromatic carbocycles. The van der Waals surface area contributed by atoms with Crippen molar-refractivity contribution in [2.24, 2.45) is 0 Å². The second-order valence-electron chi connectivity index (χ2n) is 4.42. The van der Waals surface area contributed by atoms with Crippen molar-refractivity contribution in [2.75, 3.05) is 6.54 Å². The van der Waals surface area contributed by atoms with Gasteiger partial charge in [-0.1, -0.05) is 36.7 Å². The van der Waals surface area contributed by atoms with Crippen molar-refractivity contribution in [3.05, 3.63) is 51.4 Å². The zero-order chi connectivity index (χ0) is 13.0. The number of nitrogens with one attached hydrogen (secondary N) is 1. The fourth-order valence-corrected chi connectivity index (χ4v) is 2.85. The summed E-state index contributed by atoms with van der Waals surface area (Å²) in [6, 6.07) is 8.22. The summed E-state index contributed by atoms with van der Waals surface area (Å²) in [5.74, 6) is 0.426. The van der Waals surface area contributed by atoms with Gasteiger partial charge in [0, 0.05) is 35.1 Å². The van der Waals surface area contributed by atoms with E-state index < -0.39 is 0 Å². The van der Waals surface area contributed by atoms with Crippen LogP contribution in [0.15, 0.2) is 35.8 Å². The summed E-state index contributed by atoms with van der Waals surface area (Å²) >= 11 is 7.89. The summed E-state index contributed by atoms with van der Waals surface area (Å²) < 4.78 is 0. The normalized spacial score (nSPS) is 14.4. The Hall–Kier alpha value is -0.900. The monoisotopic (exact) mass is 280 g/mol. The molecule has 0 radical (unpaired) electrons. The Morgan fingerprint density at radius 3 is 2.78 bits per heavy atom. The number of hydrogen-bond acceptors (Lipinski definition) is 3. The summed E-state index contributed by atoms with van der Waals surface area (Å²) in [6.45, 7) is 5.22. The molecular formula is C14H17ClN2S. The Bertz CT molecular complexity index is 484. The van der Waals surface area contributed by atoms with E-state index in [0.29, 0.717) is 5.92 Å². The molecule has 0 bridgehead atoms. The van der Waals surface area contributed by atoms with E-state index in [9.17, 15) is 0 Å². The molecule has 4 heteroatoms. The average Bonchev–Trinajstić information content (AvgIpc) is 2.90. The number of nitrogens with zero attached hydrogens (tertiary/aromatic N) is 1. The predicted molar refractivity (Wildman–Crippen MR) is 78.4 cm³/mol. The molecule has 2 rings (SSSR count). The first-order valence-electron chi connectivity index (χ1n) is 6.05. The lowest BCUT2D eigenvalue weighted by Gasteiger charge is -2.18. The van der Waals surface area contributed by atoms with E-state index in [1.165, 1.54) is 5.01 Å². The Morgan fingerprint density at radius 1 is 1.33 bits per heavy atom. The van der Waals surface area contributed by atoms with Gasteiger partial charge >= 0.3 is 0 Å². The molecule has 0 saturated carbocycles. The first kappa shape index (κ1) is 13.5. The second-order valence-corrected chi connectivity index (χ2v) is 5.76. The molecule has 2 nitrogen and oxygen atoms in total. The van der Waals surface area contributed by atoms with Crippen molar-refractivity contribution in [1.82, 2.24) is 10.3 Å². The van der Waals surface area contributed by atoms with Crippen molar-refractivity contribution in [2.45, 2.75) is 25.8 Å². The van der Waals surface area contributed by atoms with Crippen LogP contribution >= 0.6 is 22.9 Å². The molecule has 2 atom stereocenters. The molecule has 18 heavy (non-hydrogen) atoms. The van der Waals surface area contributed by atoms with Gasteiger partial charge in [0.2, 0.25) is 0 Å². The molecule has 1 aromatic heterocycles. The smallest absolute Gasteiger partial charge is 0.0965 e. The number of halogens is 1. The highest BCUT2D eigenvalue weighted by atomic mass is 35.5. The molecular weight excluding hydrogens is 264 g/mol. The van der Waals surface area contributed by atoms with Crippen LogP contribution in [0.3, 0.4) is 0 Å². The van der Waals surface area contributed by atoms with Gasteiger partial charge in [0.05, 0.1) is 5.01 Å². The van der Waals surface area contributed by atoms with Crippen molar-refractivity contribution < 1.29 is 0 Å². The van der Waals surface area contributed by atoms with Gasteiger partial charge in [0.25, 0.3) is 0 Å². The van der Waals surface area contributed by atoms with Crippen LogP contribution in [0.2, 0.25) is 5.02 Å². The van der Waals surface area contributed by atoms with Gasteiger partial charge in [-0.2, -0.15) is 0 Å². The van der Waals surface area contributed by atoms with Crippen LogP contribution in [0, 0.1) is 0 Å². The van der Waals surface area contributed by atoms with Crippen LogP contribution in [-0.4, -0.2) is 11.5 Å². The lowest BCUT2D eigenvalue weighted by atomic mass is 10.1. The van der Waals surface area contributed by atoms with Gasteiger partial charge in [-0.15, -0.1) is 11.3 Å². The Balaban J connectivity index is 1.93. The van der Waals surface area contributed by atoms with E-state index in [1.54, 1.807) is 11.3 Å². The van der Waals surface area contributed by atoms with Crippen LogP contribution in [0.4, 0.5) is 0 Å². The molecule has 2 aromatic rings. The third kappa shape index (κ3) is 3.31. The van der Waals surface area contributed by atoms with Gasteiger partial charge in [0.15, 0.2) is 0 Å². The maximum absolute atomic E-state index is 6.18. The standard InChI is InChI=1S/C14H17ClN2S/c1-10(14-16-7-8-18-14)9-17-11(2)12-5-3-4-6-13(12)15/h3-8,10-11,17H,9H2,1-2H3. The lowest BCUT2D eigenvalue weighted by Crippen LogP contribution is -2.23. The molecule has 0 spiro atoms. The van der Waals surface area contributed by atoms with Crippen molar-refractivity contribution in [1.29, 1.82) is 0 Å². The lowest BCUT2D eigenvalue weighted by molar-refractivity contribution is 0.536. The van der Waals surface area contributed by atoms with Crippen LogP contribution < -0.4 is 5.32 Å². The van der Waals surface area contributed by atoms with Crippen molar-refractivity contribution in [3.63, 3.8) is 0 Å². The number of thiazole rings is 1. The van der Waals surface area contributed by atoms with E-state index in [1.807, 2.05) is 29.8 Å². The summed E-state index contributed by atoms with van der Waals surface area (Å²) in [6.07, 6.45) is 1.86. The van der Waals surface area contributed by atoms with Crippen LogP contribution in [0.25, 0.3) is 0 Å². The molecule has 1 N–H and O–H groups in total. The zero-order valence-electron chi connectivity index (χ0n) is 10.6. The topological polar surface area (TPSA) is 24.9 Å². The van der Waals surface area contributed by atoms with E-state index in [-0.39, 0.29) is 6.04 Å². The minimum atomic E-state index is 0.251. The van der Waals surface area contributed by atoms with Crippen LogP contribution in [0.1, 0.15) is 36.4 Å². The van der Waals surface area contributed by atoms with Crippen LogP contribution in [0.5, 0.6) is 0 Å². The van der Waals surface area contributed by atoms with Crippen molar-refractivity contribution in [3.8, 4) is 0 Å². The predicted octanol–water partition coefficient (Wildman–Crippen LogP) is 4.25. The minimum absolute atomic E-state index is 0.251. The van der Waals surface area contributed by atoms with E-state index in [0.717, 1.165) is 17.1 Å².